The zero-order chi connectivity index (χ0) is 13.6. The van der Waals surface area contributed by atoms with Crippen molar-refractivity contribution in [2.45, 2.75) is 24.9 Å². The molecular weight excluding hydrogens is 256 g/mol. The van der Waals surface area contributed by atoms with Crippen molar-refractivity contribution in [3.8, 4) is 0 Å². The molecule has 1 aliphatic heterocycles. The molecule has 102 valence electrons. The van der Waals surface area contributed by atoms with Crippen molar-refractivity contribution in [1.29, 1.82) is 0 Å². The van der Waals surface area contributed by atoms with Crippen molar-refractivity contribution in [3.05, 3.63) is 27.2 Å². The fourth-order valence-electron chi connectivity index (χ4n) is 2.26. The number of aromatic amines is 2. The van der Waals surface area contributed by atoms with Gasteiger partial charge in [0.1, 0.15) is 23.5 Å². The number of aliphatic hydroxyl groups is 2. The Balaban J connectivity index is 2.10. The Bertz CT molecular complexity index is 717. The molecule has 9 heteroatoms. The third-order valence-electron chi connectivity index (χ3n) is 3.16. The molecule has 1 fully saturated rings. The molecule has 4 N–H and O–H groups in total. The average Bonchev–Trinajstić information content (AvgIpc) is 2.88. The Labute approximate surface area is 105 Å². The minimum atomic E-state index is -0.861. The first kappa shape index (κ1) is 12.1. The SMILES string of the molecule is O=c1ncc2[nH]c(=O)n([C@@H]3C[C@@H](O)[C@H](CO)O3)c2[nH]1. The molecule has 3 heterocycles. The smallest absolute Gasteiger partial charge is 0.346 e. The normalized spacial score (nSPS) is 27.2. The standard InChI is InChI=1S/C10H12N4O5/c15-3-6-5(16)1-7(19-6)14-8-4(12-10(14)18)2-11-9(17)13-8/h2,5-7,15-16H,1,3H2,(H,12,18)(H,11,13,17)/t5-,6+,7+/m1/s1. The predicted octanol–water partition coefficient (Wildman–Crippen LogP) is -1.95. The number of imidazole rings is 1. The molecule has 19 heavy (non-hydrogen) atoms. The molecule has 0 spiro atoms. The van der Waals surface area contributed by atoms with Gasteiger partial charge >= 0.3 is 11.4 Å². The molecule has 0 bridgehead atoms. The lowest BCUT2D eigenvalue weighted by Gasteiger charge is -2.12. The Morgan fingerprint density at radius 3 is 2.95 bits per heavy atom. The van der Waals surface area contributed by atoms with E-state index >= 15 is 0 Å². The maximum Gasteiger partial charge on any atom is 0.346 e. The molecule has 2 aromatic rings. The van der Waals surface area contributed by atoms with Gasteiger partial charge in [0, 0.05) is 6.42 Å². The van der Waals surface area contributed by atoms with Gasteiger partial charge in [0.05, 0.1) is 18.9 Å². The van der Waals surface area contributed by atoms with Crippen molar-refractivity contribution in [2.75, 3.05) is 6.61 Å². The van der Waals surface area contributed by atoms with E-state index in [0.717, 1.165) is 0 Å². The van der Waals surface area contributed by atoms with Crippen LogP contribution < -0.4 is 11.4 Å². The molecule has 0 radical (unpaired) electrons. The summed E-state index contributed by atoms with van der Waals surface area (Å²) in [4.78, 5) is 31.6. The first-order valence-corrected chi connectivity index (χ1v) is 5.74. The van der Waals surface area contributed by atoms with Crippen LogP contribution in [0.1, 0.15) is 12.6 Å². The topological polar surface area (TPSA) is 133 Å². The number of nitrogens with one attached hydrogen (secondary N) is 2. The highest BCUT2D eigenvalue weighted by atomic mass is 16.5. The molecule has 1 aliphatic rings. The first-order valence-electron chi connectivity index (χ1n) is 5.74. The number of aromatic nitrogens is 4. The second-order valence-corrected chi connectivity index (χ2v) is 4.37. The highest BCUT2D eigenvalue weighted by Crippen LogP contribution is 2.28. The van der Waals surface area contributed by atoms with Gasteiger partial charge in [0.2, 0.25) is 0 Å². The van der Waals surface area contributed by atoms with E-state index in [4.69, 9.17) is 9.84 Å². The van der Waals surface area contributed by atoms with Crippen LogP contribution in [-0.2, 0) is 4.74 Å². The molecule has 9 nitrogen and oxygen atoms in total. The molecule has 0 amide bonds. The first-order chi connectivity index (χ1) is 9.10. The van der Waals surface area contributed by atoms with Crippen molar-refractivity contribution < 1.29 is 14.9 Å². The van der Waals surface area contributed by atoms with E-state index in [2.05, 4.69) is 15.0 Å². The minimum Gasteiger partial charge on any atom is -0.394 e. The van der Waals surface area contributed by atoms with E-state index < -0.39 is 29.8 Å². The molecule has 1 saturated heterocycles. The summed E-state index contributed by atoms with van der Waals surface area (Å²) in [5, 5.41) is 18.7. The number of H-pyrrole nitrogens is 2. The molecule has 0 unspecified atom stereocenters. The number of nitrogens with zero attached hydrogens (tertiary/aromatic N) is 2. The number of aliphatic hydroxyl groups excluding tert-OH is 2. The summed E-state index contributed by atoms with van der Waals surface area (Å²) in [5.74, 6) is 0. The van der Waals surface area contributed by atoms with Crippen molar-refractivity contribution in [2.24, 2.45) is 0 Å². The van der Waals surface area contributed by atoms with Crippen LogP contribution in [0.4, 0.5) is 0 Å². The summed E-state index contributed by atoms with van der Waals surface area (Å²) < 4.78 is 6.60. The quantitative estimate of drug-likeness (QED) is 0.500. The largest absolute Gasteiger partial charge is 0.394 e. The van der Waals surface area contributed by atoms with Crippen LogP contribution >= 0.6 is 0 Å². The van der Waals surface area contributed by atoms with E-state index in [1.54, 1.807) is 0 Å². The molecule has 3 atom stereocenters. The van der Waals surface area contributed by atoms with E-state index in [1.165, 1.54) is 10.8 Å². The fourth-order valence-corrected chi connectivity index (χ4v) is 2.26. The zero-order valence-corrected chi connectivity index (χ0v) is 9.74. The number of fused-ring (bicyclic) bond motifs is 1. The Hall–Kier alpha value is -1.97. The Morgan fingerprint density at radius 2 is 2.26 bits per heavy atom. The lowest BCUT2D eigenvalue weighted by molar-refractivity contribution is -0.0441. The summed E-state index contributed by atoms with van der Waals surface area (Å²) in [6, 6.07) is 0. The zero-order valence-electron chi connectivity index (χ0n) is 9.74. The van der Waals surface area contributed by atoms with Gasteiger partial charge in [-0.2, -0.15) is 4.98 Å². The monoisotopic (exact) mass is 268 g/mol. The summed E-state index contributed by atoms with van der Waals surface area (Å²) in [5.41, 5.74) is -0.442. The van der Waals surface area contributed by atoms with Gasteiger partial charge in [-0.05, 0) is 0 Å². The summed E-state index contributed by atoms with van der Waals surface area (Å²) in [7, 11) is 0. The number of hydrogen-bond acceptors (Lipinski definition) is 6. The van der Waals surface area contributed by atoms with Gasteiger partial charge in [-0.1, -0.05) is 0 Å². The fraction of sp³-hybridized carbons (Fsp3) is 0.500. The van der Waals surface area contributed by atoms with Crippen molar-refractivity contribution in [3.63, 3.8) is 0 Å². The molecule has 0 aliphatic carbocycles. The number of hydrogen-bond donors (Lipinski definition) is 4. The van der Waals surface area contributed by atoms with Gasteiger partial charge in [-0.15, -0.1) is 0 Å². The maximum atomic E-state index is 11.9. The van der Waals surface area contributed by atoms with Gasteiger partial charge in [0.15, 0.2) is 0 Å². The highest BCUT2D eigenvalue weighted by Gasteiger charge is 2.36. The predicted molar refractivity (Wildman–Crippen MR) is 62.6 cm³/mol. The Morgan fingerprint density at radius 1 is 1.47 bits per heavy atom. The second-order valence-electron chi connectivity index (χ2n) is 4.37. The lowest BCUT2D eigenvalue weighted by Crippen LogP contribution is -2.25. The summed E-state index contributed by atoms with van der Waals surface area (Å²) in [6.07, 6.45) is -0.939. The third-order valence-corrected chi connectivity index (χ3v) is 3.16. The van der Waals surface area contributed by atoms with E-state index in [0.29, 0.717) is 5.52 Å². The van der Waals surface area contributed by atoms with Crippen molar-refractivity contribution in [1.82, 2.24) is 19.5 Å². The van der Waals surface area contributed by atoms with Crippen LogP contribution in [0.25, 0.3) is 11.2 Å². The van der Waals surface area contributed by atoms with Gasteiger partial charge < -0.3 is 19.9 Å². The summed E-state index contributed by atoms with van der Waals surface area (Å²) >= 11 is 0. The molecular formula is C10H12N4O5. The van der Waals surface area contributed by atoms with Crippen LogP contribution in [-0.4, -0.2) is 48.5 Å². The van der Waals surface area contributed by atoms with E-state index in [9.17, 15) is 14.7 Å². The van der Waals surface area contributed by atoms with Crippen molar-refractivity contribution >= 4 is 11.2 Å². The van der Waals surface area contributed by atoms with Crippen LogP contribution in [0.2, 0.25) is 0 Å². The van der Waals surface area contributed by atoms with Gasteiger partial charge in [-0.3, -0.25) is 9.55 Å². The minimum absolute atomic E-state index is 0.155. The molecule has 0 aromatic carbocycles. The lowest BCUT2D eigenvalue weighted by atomic mass is 10.2. The number of rotatable bonds is 2. The van der Waals surface area contributed by atoms with Crippen LogP contribution in [0, 0.1) is 0 Å². The van der Waals surface area contributed by atoms with Crippen LogP contribution in [0.15, 0.2) is 15.8 Å². The maximum absolute atomic E-state index is 11.9. The van der Waals surface area contributed by atoms with Gasteiger partial charge in [-0.25, -0.2) is 9.59 Å². The van der Waals surface area contributed by atoms with Crippen LogP contribution in [0.3, 0.4) is 0 Å². The number of ether oxygens (including phenoxy) is 1. The molecule has 2 aromatic heterocycles. The third kappa shape index (κ3) is 1.87. The molecule has 3 rings (SSSR count). The summed E-state index contributed by atoms with van der Waals surface area (Å²) in [6.45, 7) is -0.340. The van der Waals surface area contributed by atoms with E-state index in [1.807, 2.05) is 0 Å². The van der Waals surface area contributed by atoms with E-state index in [-0.39, 0.29) is 18.7 Å². The van der Waals surface area contributed by atoms with Gasteiger partial charge in [0.25, 0.3) is 0 Å². The molecule has 0 saturated carbocycles. The van der Waals surface area contributed by atoms with Crippen LogP contribution in [0.5, 0.6) is 0 Å². The average molecular weight is 268 g/mol. The highest BCUT2D eigenvalue weighted by molar-refractivity contribution is 5.68. The Kier molecular flexibility index (Phi) is 2.73. The second kappa shape index (κ2) is 4.30.